The lowest BCUT2D eigenvalue weighted by molar-refractivity contribution is -0.137. The number of amides is 1. The van der Waals surface area contributed by atoms with Gasteiger partial charge in [-0.25, -0.2) is 4.68 Å². The number of nitrogens with one attached hydrogen (secondary N) is 1. The predicted molar refractivity (Wildman–Crippen MR) is 70.4 cm³/mol. The summed E-state index contributed by atoms with van der Waals surface area (Å²) in [6.07, 6.45) is -4.43. The number of aliphatic hydroxyl groups is 1. The minimum Gasteiger partial charge on any atom is -0.390 e. The van der Waals surface area contributed by atoms with Gasteiger partial charge in [0.25, 0.3) is 0 Å². The maximum absolute atomic E-state index is 12.6. The van der Waals surface area contributed by atoms with Gasteiger partial charge in [0.2, 0.25) is 5.91 Å². The van der Waals surface area contributed by atoms with E-state index in [0.29, 0.717) is 11.3 Å². The van der Waals surface area contributed by atoms with Gasteiger partial charge in [0.05, 0.1) is 17.9 Å². The van der Waals surface area contributed by atoms with E-state index in [1.54, 1.807) is 0 Å². The molecule has 0 unspecified atom stereocenters. The van der Waals surface area contributed by atoms with Gasteiger partial charge in [-0.3, -0.25) is 4.79 Å². The summed E-state index contributed by atoms with van der Waals surface area (Å²) < 4.78 is 39.0. The molecule has 2 rings (SSSR count). The number of hydrogen-bond acceptors (Lipinski definition) is 4. The van der Waals surface area contributed by atoms with Gasteiger partial charge in [-0.1, -0.05) is 17.3 Å². The second-order valence-corrected chi connectivity index (χ2v) is 4.45. The summed E-state index contributed by atoms with van der Waals surface area (Å²) in [6.45, 7) is -0.593. The summed E-state index contributed by atoms with van der Waals surface area (Å²) in [5.74, 6) is -0.345. The lowest BCUT2D eigenvalue weighted by Gasteiger charge is -2.10. The molecule has 0 aliphatic rings. The molecule has 1 aromatic heterocycles. The molecule has 0 spiro atoms. The molecule has 2 aromatic rings. The largest absolute Gasteiger partial charge is 0.416 e. The molecule has 118 valence electrons. The van der Waals surface area contributed by atoms with Gasteiger partial charge in [-0.05, 0) is 12.1 Å². The van der Waals surface area contributed by atoms with E-state index in [4.69, 9.17) is 0 Å². The van der Waals surface area contributed by atoms with Crippen LogP contribution in [0.25, 0.3) is 11.3 Å². The van der Waals surface area contributed by atoms with Crippen LogP contribution in [0.2, 0.25) is 0 Å². The van der Waals surface area contributed by atoms with Gasteiger partial charge < -0.3 is 10.4 Å². The molecule has 2 N–H and O–H groups in total. The fraction of sp³-hybridized carbons (Fsp3) is 0.308. The van der Waals surface area contributed by atoms with E-state index in [2.05, 4.69) is 15.6 Å². The van der Waals surface area contributed by atoms with Gasteiger partial charge in [-0.2, -0.15) is 13.2 Å². The topological polar surface area (TPSA) is 80.0 Å². The number of rotatable bonds is 4. The highest BCUT2D eigenvalue weighted by Crippen LogP contribution is 2.31. The van der Waals surface area contributed by atoms with E-state index >= 15 is 0 Å². The molecule has 22 heavy (non-hydrogen) atoms. The normalized spacial score (nSPS) is 11.5. The third-order valence-electron chi connectivity index (χ3n) is 3.01. The maximum Gasteiger partial charge on any atom is 0.416 e. The van der Waals surface area contributed by atoms with E-state index in [9.17, 15) is 23.1 Å². The lowest BCUT2D eigenvalue weighted by atomic mass is 10.1. The molecule has 1 heterocycles. The fourth-order valence-electron chi connectivity index (χ4n) is 1.91. The molecule has 0 saturated heterocycles. The molecule has 0 bridgehead atoms. The minimum absolute atomic E-state index is 0.153. The Morgan fingerprint density at radius 3 is 2.45 bits per heavy atom. The van der Waals surface area contributed by atoms with Crippen LogP contribution in [0.15, 0.2) is 24.3 Å². The van der Waals surface area contributed by atoms with E-state index in [0.717, 1.165) is 12.1 Å². The summed E-state index contributed by atoms with van der Waals surface area (Å²) >= 11 is 0. The highest BCUT2D eigenvalue weighted by molar-refractivity contribution is 5.76. The monoisotopic (exact) mass is 314 g/mol. The van der Waals surface area contributed by atoms with Crippen molar-refractivity contribution in [2.45, 2.75) is 19.3 Å². The van der Waals surface area contributed by atoms with Crippen molar-refractivity contribution < 1.29 is 23.1 Å². The van der Waals surface area contributed by atoms with Crippen molar-refractivity contribution in [3.63, 3.8) is 0 Å². The van der Waals surface area contributed by atoms with Gasteiger partial charge in [0, 0.05) is 12.6 Å². The third kappa shape index (κ3) is 3.25. The number of carbonyl (C=O) groups is 1. The van der Waals surface area contributed by atoms with Crippen LogP contribution in [-0.4, -0.2) is 33.1 Å². The Morgan fingerprint density at radius 1 is 1.32 bits per heavy atom. The summed E-state index contributed by atoms with van der Waals surface area (Å²) in [7, 11) is 1.45. The van der Waals surface area contributed by atoms with Crippen LogP contribution >= 0.6 is 0 Å². The van der Waals surface area contributed by atoms with Crippen molar-refractivity contribution >= 4 is 5.91 Å². The van der Waals surface area contributed by atoms with Gasteiger partial charge in [-0.15, -0.1) is 5.10 Å². The van der Waals surface area contributed by atoms with Crippen molar-refractivity contribution in [2.24, 2.45) is 0 Å². The highest BCUT2D eigenvalue weighted by Gasteiger charge is 2.30. The second-order valence-electron chi connectivity index (χ2n) is 4.45. The summed E-state index contributed by atoms with van der Waals surface area (Å²) in [5, 5.41) is 19.2. The number of aliphatic hydroxyl groups excluding tert-OH is 1. The summed E-state index contributed by atoms with van der Waals surface area (Å²) in [6, 6.07) is 4.35. The Morgan fingerprint density at radius 2 is 1.95 bits per heavy atom. The van der Waals surface area contributed by atoms with E-state index in [1.807, 2.05) is 0 Å². The molecule has 1 aromatic carbocycles. The lowest BCUT2D eigenvalue weighted by Crippen LogP contribution is -2.24. The predicted octanol–water partition coefficient (Wildman–Crippen LogP) is 1.20. The SMILES string of the molecule is CNC(=O)Cn1nnc(CO)c1-c1ccc(C(F)(F)F)cc1. The van der Waals surface area contributed by atoms with Crippen molar-refractivity contribution in [3.05, 3.63) is 35.5 Å². The zero-order valence-corrected chi connectivity index (χ0v) is 11.6. The number of hydrogen-bond donors (Lipinski definition) is 2. The Kier molecular flexibility index (Phi) is 4.45. The van der Waals surface area contributed by atoms with Gasteiger partial charge in [0.15, 0.2) is 0 Å². The molecule has 6 nitrogen and oxygen atoms in total. The molecule has 0 radical (unpaired) electrons. The number of benzene rings is 1. The zero-order valence-electron chi connectivity index (χ0n) is 11.6. The Labute approximate surface area is 123 Å². The fourth-order valence-corrected chi connectivity index (χ4v) is 1.91. The van der Waals surface area contributed by atoms with E-state index < -0.39 is 18.3 Å². The van der Waals surface area contributed by atoms with Crippen molar-refractivity contribution in [3.8, 4) is 11.3 Å². The maximum atomic E-state index is 12.6. The molecule has 0 fully saturated rings. The zero-order chi connectivity index (χ0) is 16.3. The van der Waals surface area contributed by atoms with E-state index in [-0.39, 0.29) is 18.1 Å². The van der Waals surface area contributed by atoms with Crippen molar-refractivity contribution in [1.82, 2.24) is 20.3 Å². The molecule has 9 heteroatoms. The Hall–Kier alpha value is -2.42. The van der Waals surface area contributed by atoms with Crippen LogP contribution in [-0.2, 0) is 24.1 Å². The molecular formula is C13H13F3N4O2. The summed E-state index contributed by atoms with van der Waals surface area (Å²) in [5.41, 5.74) is 0.0848. The first kappa shape index (κ1) is 16.0. The number of alkyl halides is 3. The van der Waals surface area contributed by atoms with Gasteiger partial charge >= 0.3 is 6.18 Å². The molecule has 1 amide bonds. The average Bonchev–Trinajstić information content (AvgIpc) is 2.89. The highest BCUT2D eigenvalue weighted by atomic mass is 19.4. The van der Waals surface area contributed by atoms with E-state index in [1.165, 1.54) is 23.9 Å². The van der Waals surface area contributed by atoms with Crippen LogP contribution in [0.1, 0.15) is 11.3 Å². The number of aromatic nitrogens is 3. The molecule has 0 aliphatic heterocycles. The first-order valence-corrected chi connectivity index (χ1v) is 6.28. The van der Waals surface area contributed by atoms with Crippen LogP contribution in [0.5, 0.6) is 0 Å². The number of nitrogens with zero attached hydrogens (tertiary/aromatic N) is 3. The first-order valence-electron chi connectivity index (χ1n) is 6.28. The average molecular weight is 314 g/mol. The molecular weight excluding hydrogens is 301 g/mol. The quantitative estimate of drug-likeness (QED) is 0.889. The second kappa shape index (κ2) is 6.14. The number of carbonyl (C=O) groups excluding carboxylic acids is 1. The van der Waals surface area contributed by atoms with Crippen LogP contribution in [0.3, 0.4) is 0 Å². The summed E-state index contributed by atoms with van der Waals surface area (Å²) in [4.78, 5) is 11.4. The Bertz CT molecular complexity index is 665. The van der Waals surface area contributed by atoms with Gasteiger partial charge in [0.1, 0.15) is 12.2 Å². The Balaban J connectivity index is 2.42. The van der Waals surface area contributed by atoms with Crippen molar-refractivity contribution in [1.29, 1.82) is 0 Å². The van der Waals surface area contributed by atoms with Crippen LogP contribution in [0.4, 0.5) is 13.2 Å². The van der Waals surface area contributed by atoms with Crippen molar-refractivity contribution in [2.75, 3.05) is 7.05 Å². The third-order valence-corrected chi connectivity index (χ3v) is 3.01. The van der Waals surface area contributed by atoms with Crippen LogP contribution in [0, 0.1) is 0 Å². The van der Waals surface area contributed by atoms with Crippen LogP contribution < -0.4 is 5.32 Å². The standard InChI is InChI=1S/C13H13F3N4O2/c1-17-11(22)6-20-12(10(7-21)18-19-20)8-2-4-9(5-3-8)13(14,15)16/h2-5,21H,6-7H2,1H3,(H,17,22). The molecule has 0 aliphatic carbocycles. The number of likely N-dealkylation sites (N-methyl/N-ethyl adjacent to an activating group) is 1. The first-order chi connectivity index (χ1) is 10.4. The smallest absolute Gasteiger partial charge is 0.390 e. The minimum atomic E-state index is -4.43. The molecule has 0 saturated carbocycles. The number of halogens is 3. The molecule has 0 atom stereocenters.